The smallest absolute Gasteiger partial charge is 0.122 e. The van der Waals surface area contributed by atoms with Crippen molar-refractivity contribution in [2.24, 2.45) is 0 Å². The Morgan fingerprint density at radius 1 is 1.15 bits per heavy atom. The van der Waals surface area contributed by atoms with Gasteiger partial charge in [-0.2, -0.15) is 0 Å². The first-order valence-electron chi connectivity index (χ1n) is 5.02. The Hall–Kier alpha value is -0.410. The lowest BCUT2D eigenvalue weighted by atomic mass is 10.0. The van der Waals surface area contributed by atoms with Crippen LogP contribution in [0.5, 0.6) is 0 Å². The Bertz CT molecular complexity index is 125. The average Bonchev–Trinajstić information content (AvgIpc) is 2.12. The minimum Gasteiger partial charge on any atom is -0.390 e. The zero-order chi connectivity index (χ0) is 10.1. The van der Waals surface area contributed by atoms with Gasteiger partial charge in [-0.3, -0.25) is 0 Å². The molecule has 2 N–H and O–H groups in total. The first-order valence-corrected chi connectivity index (χ1v) is 5.02. The molecule has 0 heterocycles. The van der Waals surface area contributed by atoms with Crippen LogP contribution < -0.4 is 0 Å². The van der Waals surface area contributed by atoms with Crippen LogP contribution in [-0.4, -0.2) is 28.7 Å². The summed E-state index contributed by atoms with van der Waals surface area (Å²) in [4.78, 5) is 10.0. The Morgan fingerprint density at radius 2 is 1.85 bits per heavy atom. The topological polar surface area (TPSA) is 57.5 Å². The van der Waals surface area contributed by atoms with Crippen LogP contribution >= 0.6 is 0 Å². The molecule has 78 valence electrons. The van der Waals surface area contributed by atoms with Crippen LogP contribution in [0.25, 0.3) is 0 Å². The summed E-state index contributed by atoms with van der Waals surface area (Å²) in [7, 11) is 0. The lowest BCUT2D eigenvalue weighted by Gasteiger charge is -2.14. The fourth-order valence-electron chi connectivity index (χ4n) is 1.23. The number of aldehydes is 1. The van der Waals surface area contributed by atoms with Crippen LogP contribution in [0, 0.1) is 0 Å². The first-order chi connectivity index (χ1) is 6.22. The molecule has 3 heteroatoms. The van der Waals surface area contributed by atoms with E-state index in [-0.39, 0.29) is 6.42 Å². The molecule has 3 nitrogen and oxygen atoms in total. The Morgan fingerprint density at radius 3 is 2.38 bits per heavy atom. The van der Waals surface area contributed by atoms with Crippen molar-refractivity contribution >= 4 is 6.29 Å². The highest BCUT2D eigenvalue weighted by Crippen LogP contribution is 2.09. The van der Waals surface area contributed by atoms with Crippen molar-refractivity contribution in [3.05, 3.63) is 0 Å². The second-order valence-corrected chi connectivity index (χ2v) is 3.39. The van der Waals surface area contributed by atoms with Crippen molar-refractivity contribution in [3.8, 4) is 0 Å². The van der Waals surface area contributed by atoms with Crippen molar-refractivity contribution in [2.75, 3.05) is 0 Å². The number of aliphatic hydroxyl groups is 2. The molecule has 0 radical (unpaired) electrons. The second-order valence-electron chi connectivity index (χ2n) is 3.39. The van der Waals surface area contributed by atoms with E-state index >= 15 is 0 Å². The summed E-state index contributed by atoms with van der Waals surface area (Å²) in [6, 6.07) is 0. The summed E-state index contributed by atoms with van der Waals surface area (Å²) in [6.07, 6.45) is 3.99. The van der Waals surface area contributed by atoms with E-state index in [1.807, 2.05) is 0 Å². The molecule has 0 aliphatic rings. The highest BCUT2D eigenvalue weighted by molar-refractivity contribution is 5.50. The minimum absolute atomic E-state index is 0.0367. The molecule has 0 aromatic rings. The highest BCUT2D eigenvalue weighted by atomic mass is 16.3. The van der Waals surface area contributed by atoms with Crippen LogP contribution in [0.2, 0.25) is 0 Å². The van der Waals surface area contributed by atoms with Gasteiger partial charge >= 0.3 is 0 Å². The number of carbonyl (C=O) groups is 1. The predicted molar refractivity (Wildman–Crippen MR) is 51.5 cm³/mol. The van der Waals surface area contributed by atoms with E-state index < -0.39 is 12.2 Å². The van der Waals surface area contributed by atoms with E-state index in [0.717, 1.165) is 25.7 Å². The molecule has 0 aliphatic carbocycles. The molecule has 0 saturated carbocycles. The van der Waals surface area contributed by atoms with Gasteiger partial charge in [0, 0.05) is 6.42 Å². The lowest BCUT2D eigenvalue weighted by molar-refractivity contribution is -0.111. The van der Waals surface area contributed by atoms with Gasteiger partial charge in [-0.05, 0) is 6.42 Å². The van der Waals surface area contributed by atoms with Gasteiger partial charge in [-0.15, -0.1) is 0 Å². The molecule has 2 atom stereocenters. The number of rotatable bonds is 8. The van der Waals surface area contributed by atoms with Gasteiger partial charge in [-0.25, -0.2) is 0 Å². The number of unbranched alkanes of at least 4 members (excludes halogenated alkanes) is 3. The van der Waals surface area contributed by atoms with Crippen molar-refractivity contribution in [3.63, 3.8) is 0 Å². The summed E-state index contributed by atoms with van der Waals surface area (Å²) in [5.41, 5.74) is 0. The fraction of sp³-hybridized carbons (Fsp3) is 0.900. The van der Waals surface area contributed by atoms with Gasteiger partial charge in [0.05, 0.1) is 12.2 Å². The largest absolute Gasteiger partial charge is 0.390 e. The van der Waals surface area contributed by atoms with Gasteiger partial charge < -0.3 is 15.0 Å². The van der Waals surface area contributed by atoms with Crippen molar-refractivity contribution < 1.29 is 15.0 Å². The van der Waals surface area contributed by atoms with E-state index in [1.165, 1.54) is 0 Å². The normalized spacial score (nSPS) is 15.3. The third-order valence-electron chi connectivity index (χ3n) is 2.14. The third kappa shape index (κ3) is 6.72. The number of aliphatic hydroxyl groups excluding tert-OH is 2. The third-order valence-corrected chi connectivity index (χ3v) is 2.14. The second kappa shape index (κ2) is 8.20. The summed E-state index contributed by atoms with van der Waals surface area (Å²) in [5.74, 6) is 0. The summed E-state index contributed by atoms with van der Waals surface area (Å²) < 4.78 is 0. The van der Waals surface area contributed by atoms with Crippen molar-refractivity contribution in [2.45, 2.75) is 57.7 Å². The number of carbonyl (C=O) groups excluding carboxylic acids is 1. The maximum Gasteiger partial charge on any atom is 0.122 e. The monoisotopic (exact) mass is 188 g/mol. The Kier molecular flexibility index (Phi) is 7.94. The quantitative estimate of drug-likeness (QED) is 0.445. The molecule has 0 spiro atoms. The molecule has 0 saturated heterocycles. The van der Waals surface area contributed by atoms with E-state index in [9.17, 15) is 15.0 Å². The van der Waals surface area contributed by atoms with E-state index in [0.29, 0.717) is 12.7 Å². The average molecular weight is 188 g/mol. The van der Waals surface area contributed by atoms with Crippen molar-refractivity contribution in [1.82, 2.24) is 0 Å². The van der Waals surface area contributed by atoms with Gasteiger partial charge in [0.2, 0.25) is 0 Å². The van der Waals surface area contributed by atoms with Crippen molar-refractivity contribution in [1.29, 1.82) is 0 Å². The van der Waals surface area contributed by atoms with Gasteiger partial charge in [0.15, 0.2) is 0 Å². The van der Waals surface area contributed by atoms with E-state index in [4.69, 9.17) is 0 Å². The number of hydrogen-bond acceptors (Lipinski definition) is 3. The number of hydrogen-bond donors (Lipinski definition) is 2. The molecular weight excluding hydrogens is 168 g/mol. The maximum absolute atomic E-state index is 10.0. The van der Waals surface area contributed by atoms with Crippen LogP contribution in [0.4, 0.5) is 0 Å². The highest BCUT2D eigenvalue weighted by Gasteiger charge is 2.14. The molecule has 13 heavy (non-hydrogen) atoms. The zero-order valence-corrected chi connectivity index (χ0v) is 8.28. The van der Waals surface area contributed by atoms with Crippen LogP contribution in [0.1, 0.15) is 45.4 Å². The summed E-state index contributed by atoms with van der Waals surface area (Å²) in [5, 5.41) is 18.5. The van der Waals surface area contributed by atoms with Gasteiger partial charge in [-0.1, -0.05) is 32.6 Å². The first kappa shape index (κ1) is 12.6. The predicted octanol–water partition coefficient (Wildman–Crippen LogP) is 1.27. The lowest BCUT2D eigenvalue weighted by Crippen LogP contribution is -2.25. The van der Waals surface area contributed by atoms with E-state index in [1.54, 1.807) is 0 Å². The molecule has 0 bridgehead atoms. The zero-order valence-electron chi connectivity index (χ0n) is 8.28. The van der Waals surface area contributed by atoms with Crippen LogP contribution in [-0.2, 0) is 4.79 Å². The van der Waals surface area contributed by atoms with E-state index in [2.05, 4.69) is 6.92 Å². The summed E-state index contributed by atoms with van der Waals surface area (Å²) in [6.45, 7) is 2.12. The maximum atomic E-state index is 10.0. The standard InChI is InChI=1S/C10H20O3/c1-2-3-4-5-6-9(12)10(13)7-8-11/h8-10,12-13H,2-7H2,1H3/t9-,10-/m0/s1. The van der Waals surface area contributed by atoms with Gasteiger partial charge in [0.25, 0.3) is 0 Å². The molecule has 0 amide bonds. The molecule has 0 unspecified atom stereocenters. The SMILES string of the molecule is CCCCCC[C@H](O)[C@@H](O)CC=O. The Labute approximate surface area is 79.8 Å². The van der Waals surface area contributed by atoms with Gasteiger partial charge in [0.1, 0.15) is 6.29 Å². The molecule has 0 aromatic carbocycles. The molecule has 0 aliphatic heterocycles. The molecule has 0 rings (SSSR count). The molecule has 0 fully saturated rings. The minimum atomic E-state index is -0.876. The van der Waals surface area contributed by atoms with Crippen LogP contribution in [0.15, 0.2) is 0 Å². The Balaban J connectivity index is 3.37. The fourth-order valence-corrected chi connectivity index (χ4v) is 1.23. The summed E-state index contributed by atoms with van der Waals surface area (Å²) >= 11 is 0. The molecular formula is C10H20O3. The molecule has 0 aromatic heterocycles. The van der Waals surface area contributed by atoms with Crippen LogP contribution in [0.3, 0.4) is 0 Å².